The summed E-state index contributed by atoms with van der Waals surface area (Å²) >= 11 is 0. The van der Waals surface area contributed by atoms with Gasteiger partial charge in [0.05, 0.1) is 0 Å². The van der Waals surface area contributed by atoms with Crippen molar-refractivity contribution < 1.29 is 0 Å². The van der Waals surface area contributed by atoms with Crippen molar-refractivity contribution in [1.82, 2.24) is 0 Å². The second-order valence-corrected chi connectivity index (χ2v) is 4.88. The molecule has 0 radical (unpaired) electrons. The molecule has 3 aromatic carbocycles. The SMILES string of the molecule is N/N=C(\C(=N\N)c1ccc2ccccc2c1)c1ccccc1. The molecule has 0 heterocycles. The van der Waals surface area contributed by atoms with E-state index in [1.165, 1.54) is 0 Å². The van der Waals surface area contributed by atoms with Gasteiger partial charge in [0.25, 0.3) is 0 Å². The third-order valence-corrected chi connectivity index (χ3v) is 3.55. The van der Waals surface area contributed by atoms with E-state index in [1.807, 2.05) is 60.7 Å². The lowest BCUT2D eigenvalue weighted by Gasteiger charge is -2.09. The molecule has 3 aromatic rings. The van der Waals surface area contributed by atoms with Crippen LogP contribution in [0, 0.1) is 0 Å². The molecular formula is C18H16N4. The van der Waals surface area contributed by atoms with E-state index in [2.05, 4.69) is 22.3 Å². The third-order valence-electron chi connectivity index (χ3n) is 3.55. The molecule has 0 aromatic heterocycles. The first-order valence-electron chi connectivity index (χ1n) is 6.94. The minimum absolute atomic E-state index is 0.568. The molecule has 4 heteroatoms. The summed E-state index contributed by atoms with van der Waals surface area (Å²) < 4.78 is 0. The summed E-state index contributed by atoms with van der Waals surface area (Å²) in [4.78, 5) is 0. The topological polar surface area (TPSA) is 76.8 Å². The van der Waals surface area contributed by atoms with Crippen LogP contribution in [0.4, 0.5) is 0 Å². The molecule has 0 saturated carbocycles. The standard InChI is InChI=1S/C18H16N4/c19-21-17(14-7-2-1-3-8-14)18(22-20)16-11-10-13-6-4-5-9-15(13)12-16/h1-12H,19-20H2/b21-17-,22-18+. The number of benzene rings is 3. The van der Waals surface area contributed by atoms with E-state index in [4.69, 9.17) is 11.7 Å². The van der Waals surface area contributed by atoms with E-state index in [9.17, 15) is 0 Å². The van der Waals surface area contributed by atoms with Crippen LogP contribution in [0.1, 0.15) is 11.1 Å². The number of hydrogen-bond donors (Lipinski definition) is 2. The summed E-state index contributed by atoms with van der Waals surface area (Å²) in [5.41, 5.74) is 2.90. The van der Waals surface area contributed by atoms with Gasteiger partial charge in [-0.05, 0) is 16.8 Å². The highest BCUT2D eigenvalue weighted by atomic mass is 15.2. The molecule has 108 valence electrons. The number of hydrogen-bond acceptors (Lipinski definition) is 4. The van der Waals surface area contributed by atoms with Gasteiger partial charge in [0, 0.05) is 11.1 Å². The van der Waals surface area contributed by atoms with Gasteiger partial charge in [-0.15, -0.1) is 0 Å². The van der Waals surface area contributed by atoms with Gasteiger partial charge in [0.15, 0.2) is 0 Å². The van der Waals surface area contributed by atoms with Crippen molar-refractivity contribution in [2.75, 3.05) is 0 Å². The van der Waals surface area contributed by atoms with Crippen molar-refractivity contribution in [2.24, 2.45) is 21.9 Å². The second-order valence-electron chi connectivity index (χ2n) is 4.88. The fourth-order valence-corrected chi connectivity index (χ4v) is 2.48. The van der Waals surface area contributed by atoms with Crippen LogP contribution in [0.15, 0.2) is 83.0 Å². The normalized spacial score (nSPS) is 12.5. The molecule has 0 atom stereocenters. The van der Waals surface area contributed by atoms with Crippen molar-refractivity contribution in [2.45, 2.75) is 0 Å². The number of fused-ring (bicyclic) bond motifs is 1. The van der Waals surface area contributed by atoms with Crippen molar-refractivity contribution in [3.8, 4) is 0 Å². The number of nitrogens with two attached hydrogens (primary N) is 2. The van der Waals surface area contributed by atoms with E-state index >= 15 is 0 Å². The minimum atomic E-state index is 0.568. The molecule has 4 nitrogen and oxygen atoms in total. The first-order valence-corrected chi connectivity index (χ1v) is 6.94. The Morgan fingerprint density at radius 3 is 1.86 bits per heavy atom. The number of hydrazone groups is 2. The lowest BCUT2D eigenvalue weighted by Crippen LogP contribution is -2.20. The second kappa shape index (κ2) is 6.10. The van der Waals surface area contributed by atoms with Crippen LogP contribution in [0.3, 0.4) is 0 Å². The van der Waals surface area contributed by atoms with Gasteiger partial charge in [-0.25, -0.2) is 0 Å². The van der Waals surface area contributed by atoms with Crippen LogP contribution >= 0.6 is 0 Å². The number of rotatable bonds is 3. The largest absolute Gasteiger partial charge is 0.323 e. The molecule has 0 aliphatic carbocycles. The molecule has 0 spiro atoms. The fourth-order valence-electron chi connectivity index (χ4n) is 2.48. The van der Waals surface area contributed by atoms with Crippen LogP contribution in [-0.4, -0.2) is 11.4 Å². The summed E-state index contributed by atoms with van der Waals surface area (Å²) in [6.45, 7) is 0. The zero-order valence-corrected chi connectivity index (χ0v) is 12.0. The maximum atomic E-state index is 5.61. The average Bonchev–Trinajstić information content (AvgIpc) is 2.60. The Bertz CT molecular complexity index is 851. The third kappa shape index (κ3) is 2.54. The van der Waals surface area contributed by atoms with E-state index in [0.29, 0.717) is 11.4 Å². The Morgan fingerprint density at radius 2 is 1.18 bits per heavy atom. The van der Waals surface area contributed by atoms with Crippen LogP contribution in [-0.2, 0) is 0 Å². The Morgan fingerprint density at radius 1 is 0.591 bits per heavy atom. The monoisotopic (exact) mass is 288 g/mol. The molecule has 0 amide bonds. The molecule has 3 rings (SSSR count). The zero-order chi connectivity index (χ0) is 15.4. The van der Waals surface area contributed by atoms with Crippen molar-refractivity contribution in [3.63, 3.8) is 0 Å². The minimum Gasteiger partial charge on any atom is -0.323 e. The predicted molar refractivity (Wildman–Crippen MR) is 91.8 cm³/mol. The highest BCUT2D eigenvalue weighted by Gasteiger charge is 2.14. The first-order chi connectivity index (χ1) is 10.8. The Labute approximate surface area is 128 Å². The first kappa shape index (κ1) is 13.8. The summed E-state index contributed by atoms with van der Waals surface area (Å²) in [7, 11) is 0. The molecular weight excluding hydrogens is 272 g/mol. The summed E-state index contributed by atoms with van der Waals surface area (Å²) in [5.74, 6) is 11.2. The van der Waals surface area contributed by atoms with Crippen LogP contribution in [0.5, 0.6) is 0 Å². The van der Waals surface area contributed by atoms with Gasteiger partial charge in [-0.1, -0.05) is 66.7 Å². The summed E-state index contributed by atoms with van der Waals surface area (Å²) in [6, 6.07) is 23.8. The molecule has 0 bridgehead atoms. The Balaban J connectivity index is 2.10. The van der Waals surface area contributed by atoms with Gasteiger partial charge in [0.2, 0.25) is 0 Å². The predicted octanol–water partition coefficient (Wildman–Crippen LogP) is 2.87. The van der Waals surface area contributed by atoms with Gasteiger partial charge in [-0.3, -0.25) is 0 Å². The lowest BCUT2D eigenvalue weighted by atomic mass is 9.97. The molecule has 0 aliphatic rings. The maximum absolute atomic E-state index is 5.61. The maximum Gasteiger partial charge on any atom is 0.118 e. The highest BCUT2D eigenvalue weighted by Crippen LogP contribution is 2.17. The molecule has 0 saturated heterocycles. The van der Waals surface area contributed by atoms with Crippen LogP contribution in [0.25, 0.3) is 10.8 Å². The molecule has 0 aliphatic heterocycles. The van der Waals surface area contributed by atoms with Crippen molar-refractivity contribution in [3.05, 3.63) is 83.9 Å². The van der Waals surface area contributed by atoms with Crippen molar-refractivity contribution >= 4 is 22.2 Å². The molecule has 4 N–H and O–H groups in total. The van der Waals surface area contributed by atoms with Gasteiger partial charge in [0.1, 0.15) is 11.4 Å². The highest BCUT2D eigenvalue weighted by molar-refractivity contribution is 6.53. The molecule has 0 fully saturated rings. The Hall–Kier alpha value is -3.14. The van der Waals surface area contributed by atoms with E-state index in [1.54, 1.807) is 0 Å². The van der Waals surface area contributed by atoms with E-state index in [0.717, 1.165) is 21.9 Å². The van der Waals surface area contributed by atoms with Crippen LogP contribution in [0.2, 0.25) is 0 Å². The van der Waals surface area contributed by atoms with Gasteiger partial charge in [-0.2, -0.15) is 10.2 Å². The van der Waals surface area contributed by atoms with E-state index < -0.39 is 0 Å². The smallest absolute Gasteiger partial charge is 0.118 e. The van der Waals surface area contributed by atoms with Crippen LogP contribution < -0.4 is 11.7 Å². The van der Waals surface area contributed by atoms with Crippen molar-refractivity contribution in [1.29, 1.82) is 0 Å². The quantitative estimate of drug-likeness (QED) is 0.441. The fraction of sp³-hybridized carbons (Fsp3) is 0. The molecule has 0 unspecified atom stereocenters. The van der Waals surface area contributed by atoms with Gasteiger partial charge < -0.3 is 11.7 Å². The lowest BCUT2D eigenvalue weighted by molar-refractivity contribution is 1.23. The zero-order valence-electron chi connectivity index (χ0n) is 12.0. The number of nitrogens with zero attached hydrogens (tertiary/aromatic N) is 2. The molecule has 22 heavy (non-hydrogen) atoms. The summed E-state index contributed by atoms with van der Waals surface area (Å²) in [6.07, 6.45) is 0. The average molecular weight is 288 g/mol. The van der Waals surface area contributed by atoms with Gasteiger partial charge >= 0.3 is 0 Å². The Kier molecular flexibility index (Phi) is 3.83. The van der Waals surface area contributed by atoms with E-state index in [-0.39, 0.29) is 0 Å². The summed E-state index contributed by atoms with van der Waals surface area (Å²) in [5, 5.41) is 10.1.